The largest absolute Gasteiger partial charge is 0.335 e. The molecule has 1 fully saturated rings. The number of carbonyl (C=O) groups excluding carboxylic acids is 1. The van der Waals surface area contributed by atoms with Crippen LogP contribution in [0.15, 0.2) is 24.3 Å². The molecule has 3 rings (SSSR count). The Bertz CT molecular complexity index is 626. The number of hydrogen-bond donors (Lipinski definition) is 0. The zero-order valence-corrected chi connectivity index (χ0v) is 12.0. The van der Waals surface area contributed by atoms with Crippen LogP contribution in [0.3, 0.4) is 0 Å². The lowest BCUT2D eigenvalue weighted by atomic mass is 10.2. The van der Waals surface area contributed by atoms with Crippen LogP contribution in [-0.2, 0) is 7.05 Å². The van der Waals surface area contributed by atoms with Crippen LogP contribution in [0.2, 0.25) is 0 Å². The molecular formula is C15H20N4O. The molecule has 1 aliphatic rings. The van der Waals surface area contributed by atoms with E-state index in [9.17, 15) is 4.79 Å². The molecule has 0 aliphatic carbocycles. The minimum absolute atomic E-state index is 0.0533. The Morgan fingerprint density at radius 3 is 2.60 bits per heavy atom. The second-order valence-corrected chi connectivity index (χ2v) is 5.22. The smallest absolute Gasteiger partial charge is 0.275 e. The maximum Gasteiger partial charge on any atom is 0.275 e. The maximum atomic E-state index is 12.7. The molecular weight excluding hydrogens is 252 g/mol. The Morgan fingerprint density at radius 2 is 1.90 bits per heavy atom. The van der Waals surface area contributed by atoms with Gasteiger partial charge in [-0.1, -0.05) is 25.1 Å². The summed E-state index contributed by atoms with van der Waals surface area (Å²) in [5.74, 6) is 0.0533. The number of aryl methyl sites for hydroxylation is 1. The van der Waals surface area contributed by atoms with E-state index in [1.54, 1.807) is 4.68 Å². The predicted octanol–water partition coefficient (Wildman–Crippen LogP) is 1.35. The lowest BCUT2D eigenvalue weighted by molar-refractivity contribution is 0.0638. The molecule has 2 aromatic rings. The van der Waals surface area contributed by atoms with E-state index in [0.29, 0.717) is 5.69 Å². The van der Waals surface area contributed by atoms with E-state index >= 15 is 0 Å². The normalized spacial score (nSPS) is 16.8. The van der Waals surface area contributed by atoms with Gasteiger partial charge in [0.2, 0.25) is 0 Å². The summed E-state index contributed by atoms with van der Waals surface area (Å²) in [6, 6.07) is 7.89. The second kappa shape index (κ2) is 5.25. The molecule has 5 heteroatoms. The number of piperazine rings is 1. The van der Waals surface area contributed by atoms with Gasteiger partial charge in [-0.15, -0.1) is 0 Å². The van der Waals surface area contributed by atoms with Crippen molar-refractivity contribution < 1.29 is 4.79 Å². The van der Waals surface area contributed by atoms with E-state index in [2.05, 4.69) is 16.9 Å². The van der Waals surface area contributed by atoms with Gasteiger partial charge in [0.1, 0.15) is 0 Å². The first-order chi connectivity index (χ1) is 9.70. The van der Waals surface area contributed by atoms with Gasteiger partial charge in [0.15, 0.2) is 5.69 Å². The molecule has 0 N–H and O–H groups in total. The highest BCUT2D eigenvalue weighted by atomic mass is 16.2. The number of nitrogens with zero attached hydrogens (tertiary/aromatic N) is 4. The third-order valence-corrected chi connectivity index (χ3v) is 4.07. The summed E-state index contributed by atoms with van der Waals surface area (Å²) in [4.78, 5) is 16.9. The Balaban J connectivity index is 1.86. The van der Waals surface area contributed by atoms with Crippen LogP contribution in [0.1, 0.15) is 17.4 Å². The molecule has 0 saturated carbocycles. The van der Waals surface area contributed by atoms with Crippen LogP contribution >= 0.6 is 0 Å². The monoisotopic (exact) mass is 272 g/mol. The van der Waals surface area contributed by atoms with Crippen LogP contribution < -0.4 is 0 Å². The van der Waals surface area contributed by atoms with E-state index < -0.39 is 0 Å². The topological polar surface area (TPSA) is 41.4 Å². The number of carbonyl (C=O) groups is 1. The zero-order chi connectivity index (χ0) is 14.1. The molecule has 1 aliphatic heterocycles. The SMILES string of the molecule is CCN1CCN(C(=O)c2nn(C)c3ccccc23)CC1. The van der Waals surface area contributed by atoms with Crippen LogP contribution in [0.25, 0.3) is 10.9 Å². The number of para-hydroxylation sites is 1. The van der Waals surface area contributed by atoms with E-state index in [0.717, 1.165) is 43.6 Å². The number of aromatic nitrogens is 2. The summed E-state index contributed by atoms with van der Waals surface area (Å²) < 4.78 is 1.78. The Morgan fingerprint density at radius 1 is 1.20 bits per heavy atom. The molecule has 1 saturated heterocycles. The zero-order valence-electron chi connectivity index (χ0n) is 12.0. The molecule has 0 unspecified atom stereocenters. The van der Waals surface area contributed by atoms with Crippen molar-refractivity contribution in [3.63, 3.8) is 0 Å². The number of likely N-dealkylation sites (N-methyl/N-ethyl adjacent to an activating group) is 1. The summed E-state index contributed by atoms with van der Waals surface area (Å²) >= 11 is 0. The van der Waals surface area contributed by atoms with E-state index in [4.69, 9.17) is 0 Å². The molecule has 0 atom stereocenters. The Labute approximate surface area is 118 Å². The van der Waals surface area contributed by atoms with Crippen molar-refractivity contribution in [1.82, 2.24) is 19.6 Å². The van der Waals surface area contributed by atoms with Gasteiger partial charge < -0.3 is 9.80 Å². The van der Waals surface area contributed by atoms with Gasteiger partial charge in [-0.05, 0) is 12.6 Å². The Kier molecular flexibility index (Phi) is 3.44. The molecule has 1 aromatic carbocycles. The van der Waals surface area contributed by atoms with Crippen molar-refractivity contribution in [2.45, 2.75) is 6.92 Å². The molecule has 5 nitrogen and oxygen atoms in total. The van der Waals surface area contributed by atoms with Crippen LogP contribution in [-0.4, -0.2) is 58.2 Å². The molecule has 20 heavy (non-hydrogen) atoms. The van der Waals surface area contributed by atoms with Gasteiger partial charge >= 0.3 is 0 Å². The van der Waals surface area contributed by atoms with Crippen molar-refractivity contribution in [3.8, 4) is 0 Å². The average Bonchev–Trinajstić information content (AvgIpc) is 2.84. The van der Waals surface area contributed by atoms with Crippen molar-refractivity contribution >= 4 is 16.8 Å². The van der Waals surface area contributed by atoms with Crippen molar-refractivity contribution in [3.05, 3.63) is 30.0 Å². The molecule has 2 heterocycles. The molecule has 1 aromatic heterocycles. The highest BCUT2D eigenvalue weighted by Gasteiger charge is 2.25. The van der Waals surface area contributed by atoms with E-state index in [-0.39, 0.29) is 5.91 Å². The first kappa shape index (κ1) is 13.1. The van der Waals surface area contributed by atoms with Gasteiger partial charge in [-0.2, -0.15) is 5.10 Å². The van der Waals surface area contributed by atoms with Crippen LogP contribution in [0, 0.1) is 0 Å². The Hall–Kier alpha value is -1.88. The fourth-order valence-corrected chi connectivity index (χ4v) is 2.79. The third kappa shape index (κ3) is 2.18. The number of hydrogen-bond acceptors (Lipinski definition) is 3. The van der Waals surface area contributed by atoms with E-state index in [1.807, 2.05) is 36.2 Å². The quantitative estimate of drug-likeness (QED) is 0.828. The summed E-state index contributed by atoms with van der Waals surface area (Å²) in [5, 5.41) is 5.36. The molecule has 106 valence electrons. The highest BCUT2D eigenvalue weighted by Crippen LogP contribution is 2.19. The van der Waals surface area contributed by atoms with E-state index in [1.165, 1.54) is 0 Å². The minimum Gasteiger partial charge on any atom is -0.335 e. The second-order valence-electron chi connectivity index (χ2n) is 5.22. The molecule has 1 amide bonds. The fraction of sp³-hybridized carbons (Fsp3) is 0.467. The standard InChI is InChI=1S/C15H20N4O/c1-3-18-8-10-19(11-9-18)15(20)14-12-6-4-5-7-13(12)17(2)16-14/h4-7H,3,8-11H2,1-2H3. The number of fused-ring (bicyclic) bond motifs is 1. The first-order valence-corrected chi connectivity index (χ1v) is 7.14. The number of amides is 1. The summed E-state index contributed by atoms with van der Waals surface area (Å²) in [7, 11) is 1.88. The van der Waals surface area contributed by atoms with Gasteiger partial charge in [0.05, 0.1) is 5.52 Å². The van der Waals surface area contributed by atoms with Gasteiger partial charge in [-0.3, -0.25) is 9.48 Å². The maximum absolute atomic E-state index is 12.7. The highest BCUT2D eigenvalue weighted by molar-refractivity contribution is 6.04. The number of benzene rings is 1. The van der Waals surface area contributed by atoms with Gasteiger partial charge in [-0.25, -0.2) is 0 Å². The fourth-order valence-electron chi connectivity index (χ4n) is 2.79. The minimum atomic E-state index is 0.0533. The predicted molar refractivity (Wildman–Crippen MR) is 78.7 cm³/mol. The molecule has 0 spiro atoms. The first-order valence-electron chi connectivity index (χ1n) is 7.14. The third-order valence-electron chi connectivity index (χ3n) is 4.07. The van der Waals surface area contributed by atoms with Crippen LogP contribution in [0.4, 0.5) is 0 Å². The van der Waals surface area contributed by atoms with Crippen molar-refractivity contribution in [2.75, 3.05) is 32.7 Å². The molecule has 0 radical (unpaired) electrons. The van der Waals surface area contributed by atoms with Gasteiger partial charge in [0.25, 0.3) is 5.91 Å². The summed E-state index contributed by atoms with van der Waals surface area (Å²) in [6.07, 6.45) is 0. The summed E-state index contributed by atoms with van der Waals surface area (Å²) in [5.41, 5.74) is 1.58. The van der Waals surface area contributed by atoms with Crippen LogP contribution in [0.5, 0.6) is 0 Å². The van der Waals surface area contributed by atoms with Gasteiger partial charge in [0, 0.05) is 38.6 Å². The van der Waals surface area contributed by atoms with Crippen molar-refractivity contribution in [2.24, 2.45) is 7.05 Å². The molecule has 0 bridgehead atoms. The average molecular weight is 272 g/mol. The number of rotatable bonds is 2. The summed E-state index contributed by atoms with van der Waals surface area (Å²) in [6.45, 7) is 6.69. The lowest BCUT2D eigenvalue weighted by Gasteiger charge is -2.33. The van der Waals surface area contributed by atoms with Crippen molar-refractivity contribution in [1.29, 1.82) is 0 Å². The lowest BCUT2D eigenvalue weighted by Crippen LogP contribution is -2.48.